The average molecular weight is 253 g/mol. The molecular weight excluding hydrogens is 240 g/mol. The van der Waals surface area contributed by atoms with Crippen LogP contribution in [-0.2, 0) is 0 Å². The van der Waals surface area contributed by atoms with Gasteiger partial charge in [-0.05, 0) is 26.0 Å². The molecule has 1 amide bonds. The summed E-state index contributed by atoms with van der Waals surface area (Å²) in [6.07, 6.45) is 0.297. The molecular formula is C11H13ClN4O. The molecule has 0 atom stereocenters. The van der Waals surface area contributed by atoms with Crippen LogP contribution in [0.5, 0.6) is 0 Å². The number of rotatable bonds is 4. The van der Waals surface area contributed by atoms with Gasteiger partial charge >= 0.3 is 0 Å². The second kappa shape index (κ2) is 6.16. The fourth-order valence-electron chi connectivity index (χ4n) is 1.34. The summed E-state index contributed by atoms with van der Waals surface area (Å²) in [4.78, 5) is 13.7. The Hall–Kier alpha value is -1.67. The van der Waals surface area contributed by atoms with E-state index in [0.29, 0.717) is 13.0 Å². The topological polar surface area (TPSA) is 69.9 Å². The van der Waals surface area contributed by atoms with Gasteiger partial charge in [-0.2, -0.15) is 5.26 Å². The van der Waals surface area contributed by atoms with Crippen LogP contribution in [0.15, 0.2) is 12.1 Å². The van der Waals surface area contributed by atoms with Crippen molar-refractivity contribution in [3.8, 4) is 6.07 Å². The van der Waals surface area contributed by atoms with Crippen LogP contribution in [0.4, 0.5) is 0 Å². The van der Waals surface area contributed by atoms with Gasteiger partial charge in [0.05, 0.1) is 12.5 Å². The average Bonchev–Trinajstić information content (AvgIpc) is 2.29. The Morgan fingerprint density at radius 2 is 2.24 bits per heavy atom. The lowest BCUT2D eigenvalue weighted by Gasteiger charge is -2.25. The van der Waals surface area contributed by atoms with E-state index in [9.17, 15) is 4.79 Å². The van der Waals surface area contributed by atoms with Crippen LogP contribution in [0.3, 0.4) is 0 Å². The van der Waals surface area contributed by atoms with Crippen molar-refractivity contribution in [2.45, 2.75) is 26.3 Å². The quantitative estimate of drug-likeness (QED) is 0.821. The van der Waals surface area contributed by atoms with E-state index in [1.165, 1.54) is 12.1 Å². The number of amides is 1. The van der Waals surface area contributed by atoms with Crippen LogP contribution in [0.25, 0.3) is 0 Å². The van der Waals surface area contributed by atoms with Crippen LogP contribution in [-0.4, -0.2) is 33.6 Å². The number of hydrogen-bond donors (Lipinski definition) is 0. The van der Waals surface area contributed by atoms with Crippen molar-refractivity contribution in [1.29, 1.82) is 5.26 Å². The van der Waals surface area contributed by atoms with Crippen molar-refractivity contribution in [2.24, 2.45) is 0 Å². The van der Waals surface area contributed by atoms with Gasteiger partial charge in [-0.15, -0.1) is 10.2 Å². The first-order valence-corrected chi connectivity index (χ1v) is 5.61. The maximum Gasteiger partial charge on any atom is 0.274 e. The molecule has 0 aliphatic heterocycles. The molecule has 0 spiro atoms. The largest absolute Gasteiger partial charge is 0.334 e. The molecule has 0 saturated heterocycles. The molecule has 0 bridgehead atoms. The number of nitriles is 1. The second-order valence-electron chi connectivity index (χ2n) is 3.74. The normalized spacial score (nSPS) is 10.1. The highest BCUT2D eigenvalue weighted by Gasteiger charge is 2.19. The van der Waals surface area contributed by atoms with Gasteiger partial charge in [-0.3, -0.25) is 4.79 Å². The second-order valence-corrected chi connectivity index (χ2v) is 4.13. The molecule has 0 unspecified atom stereocenters. The van der Waals surface area contributed by atoms with E-state index in [4.69, 9.17) is 16.9 Å². The molecule has 1 heterocycles. The molecule has 90 valence electrons. The summed E-state index contributed by atoms with van der Waals surface area (Å²) >= 11 is 5.60. The minimum atomic E-state index is -0.237. The number of carbonyl (C=O) groups is 1. The molecule has 1 aromatic rings. The molecule has 5 nitrogen and oxygen atoms in total. The zero-order chi connectivity index (χ0) is 12.8. The molecule has 1 aromatic heterocycles. The van der Waals surface area contributed by atoms with Gasteiger partial charge < -0.3 is 4.90 Å². The maximum absolute atomic E-state index is 12.1. The van der Waals surface area contributed by atoms with Crippen molar-refractivity contribution in [3.05, 3.63) is 23.0 Å². The highest BCUT2D eigenvalue weighted by atomic mass is 35.5. The zero-order valence-electron chi connectivity index (χ0n) is 9.72. The molecule has 1 rings (SSSR count). The number of nitrogens with zero attached hydrogens (tertiary/aromatic N) is 4. The minimum Gasteiger partial charge on any atom is -0.334 e. The van der Waals surface area contributed by atoms with Crippen LogP contribution >= 0.6 is 11.6 Å². The van der Waals surface area contributed by atoms with E-state index in [1.807, 2.05) is 19.9 Å². The molecule has 0 saturated carbocycles. The molecule has 6 heteroatoms. The Labute approximate surface area is 105 Å². The van der Waals surface area contributed by atoms with Crippen LogP contribution in [0.2, 0.25) is 5.15 Å². The van der Waals surface area contributed by atoms with E-state index in [0.717, 1.165) is 0 Å². The highest BCUT2D eigenvalue weighted by molar-refractivity contribution is 6.29. The summed E-state index contributed by atoms with van der Waals surface area (Å²) in [5.74, 6) is -0.237. The summed E-state index contributed by atoms with van der Waals surface area (Å²) < 4.78 is 0. The standard InChI is InChI=1S/C11H13ClN4O/c1-8(2)16(7-3-6-13)11(17)9-4-5-10(12)15-14-9/h4-5,8H,3,7H2,1-2H3. The minimum absolute atomic E-state index is 0.00771. The Balaban J connectivity index is 2.84. The lowest BCUT2D eigenvalue weighted by Crippen LogP contribution is -2.38. The molecule has 0 aliphatic carbocycles. The van der Waals surface area contributed by atoms with Crippen LogP contribution in [0.1, 0.15) is 30.8 Å². The third-order valence-electron chi connectivity index (χ3n) is 2.20. The van der Waals surface area contributed by atoms with Gasteiger partial charge in [0.1, 0.15) is 0 Å². The fraction of sp³-hybridized carbons (Fsp3) is 0.455. The Morgan fingerprint density at radius 1 is 1.53 bits per heavy atom. The molecule has 0 aromatic carbocycles. The van der Waals surface area contributed by atoms with Crippen LogP contribution in [0, 0.1) is 11.3 Å². The zero-order valence-corrected chi connectivity index (χ0v) is 10.5. The summed E-state index contributed by atoms with van der Waals surface area (Å²) in [5.41, 5.74) is 0.237. The van der Waals surface area contributed by atoms with E-state index < -0.39 is 0 Å². The molecule has 0 N–H and O–H groups in total. The Kier molecular flexibility index (Phi) is 4.85. The Morgan fingerprint density at radius 3 is 2.71 bits per heavy atom. The van der Waals surface area contributed by atoms with E-state index in [2.05, 4.69) is 10.2 Å². The third kappa shape index (κ3) is 3.68. The Bertz CT molecular complexity index is 424. The summed E-state index contributed by atoms with van der Waals surface area (Å²) in [7, 11) is 0. The molecule has 0 aliphatic rings. The van der Waals surface area contributed by atoms with Gasteiger partial charge in [0.15, 0.2) is 10.8 Å². The maximum atomic E-state index is 12.1. The van der Waals surface area contributed by atoms with Gasteiger partial charge in [0, 0.05) is 12.6 Å². The lowest BCUT2D eigenvalue weighted by atomic mass is 10.2. The number of halogens is 1. The smallest absolute Gasteiger partial charge is 0.274 e. The SMILES string of the molecule is CC(C)N(CCC#N)C(=O)c1ccc(Cl)nn1. The number of carbonyl (C=O) groups excluding carboxylic acids is 1. The first kappa shape index (κ1) is 13.4. The predicted molar refractivity (Wildman–Crippen MR) is 63.4 cm³/mol. The van der Waals surface area contributed by atoms with Gasteiger partial charge in [0.2, 0.25) is 0 Å². The first-order valence-electron chi connectivity index (χ1n) is 5.23. The molecule has 17 heavy (non-hydrogen) atoms. The summed E-state index contributed by atoms with van der Waals surface area (Å²) in [6.45, 7) is 4.16. The molecule has 0 radical (unpaired) electrons. The van der Waals surface area contributed by atoms with Gasteiger partial charge in [0.25, 0.3) is 5.91 Å². The monoisotopic (exact) mass is 252 g/mol. The third-order valence-corrected chi connectivity index (χ3v) is 2.40. The van der Waals surface area contributed by atoms with Gasteiger partial charge in [-0.25, -0.2) is 0 Å². The number of aromatic nitrogens is 2. The van der Waals surface area contributed by atoms with E-state index in [-0.39, 0.29) is 22.8 Å². The van der Waals surface area contributed by atoms with Crippen molar-refractivity contribution in [1.82, 2.24) is 15.1 Å². The van der Waals surface area contributed by atoms with Crippen molar-refractivity contribution < 1.29 is 4.79 Å². The van der Waals surface area contributed by atoms with E-state index >= 15 is 0 Å². The summed E-state index contributed by atoms with van der Waals surface area (Å²) in [5, 5.41) is 16.2. The first-order chi connectivity index (χ1) is 8.06. The molecule has 0 fully saturated rings. The van der Waals surface area contributed by atoms with E-state index in [1.54, 1.807) is 4.90 Å². The van der Waals surface area contributed by atoms with Gasteiger partial charge in [-0.1, -0.05) is 11.6 Å². The predicted octanol–water partition coefficient (Wildman–Crippen LogP) is 1.89. The summed E-state index contributed by atoms with van der Waals surface area (Å²) in [6, 6.07) is 5.07. The van der Waals surface area contributed by atoms with Crippen molar-refractivity contribution in [3.63, 3.8) is 0 Å². The highest BCUT2D eigenvalue weighted by Crippen LogP contribution is 2.08. The van der Waals surface area contributed by atoms with Crippen molar-refractivity contribution >= 4 is 17.5 Å². The fourth-order valence-corrected chi connectivity index (χ4v) is 1.44. The van der Waals surface area contributed by atoms with Crippen molar-refractivity contribution in [2.75, 3.05) is 6.54 Å². The number of hydrogen-bond acceptors (Lipinski definition) is 4. The lowest BCUT2D eigenvalue weighted by molar-refractivity contribution is 0.0703. The van der Waals surface area contributed by atoms with Crippen LogP contribution < -0.4 is 0 Å².